The number of benzene rings is 1. The van der Waals surface area contributed by atoms with Gasteiger partial charge in [-0.25, -0.2) is 0 Å². The van der Waals surface area contributed by atoms with Crippen molar-refractivity contribution < 1.29 is 4.79 Å². The van der Waals surface area contributed by atoms with Gasteiger partial charge in [-0.05, 0) is 31.5 Å². The fourth-order valence-corrected chi connectivity index (χ4v) is 1.78. The van der Waals surface area contributed by atoms with Gasteiger partial charge in [-0.15, -0.1) is 0 Å². The number of hydrogen-bond acceptors (Lipinski definition) is 2. The summed E-state index contributed by atoms with van der Waals surface area (Å²) in [6.45, 7) is 4.03. The molecule has 0 spiro atoms. The highest BCUT2D eigenvalue weighted by Gasteiger charge is 2.07. The Morgan fingerprint density at radius 1 is 1.50 bits per heavy atom. The molecule has 1 amide bonds. The summed E-state index contributed by atoms with van der Waals surface area (Å²) in [5.74, 6) is 0.0474. The average molecular weight is 285 g/mol. The van der Waals surface area contributed by atoms with E-state index in [0.717, 1.165) is 10.2 Å². The number of hydrogen-bond donors (Lipinski definition) is 2. The quantitative estimate of drug-likeness (QED) is 0.893. The maximum absolute atomic E-state index is 11.2. The van der Waals surface area contributed by atoms with Gasteiger partial charge in [0, 0.05) is 29.7 Å². The summed E-state index contributed by atoms with van der Waals surface area (Å²) in [6, 6.07) is 6.20. The topological polar surface area (TPSA) is 41.1 Å². The predicted molar refractivity (Wildman–Crippen MR) is 70.6 cm³/mol. The number of carbonyl (C=O) groups is 1. The Bertz CT molecular complexity index is 379. The molecule has 0 aliphatic carbocycles. The van der Waals surface area contributed by atoms with Crippen LogP contribution >= 0.6 is 15.9 Å². The molecule has 4 heteroatoms. The number of amides is 1. The van der Waals surface area contributed by atoms with Gasteiger partial charge in [0.2, 0.25) is 5.91 Å². The van der Waals surface area contributed by atoms with Gasteiger partial charge < -0.3 is 10.6 Å². The van der Waals surface area contributed by atoms with E-state index in [-0.39, 0.29) is 11.9 Å². The molecule has 0 aliphatic heterocycles. The molecule has 0 radical (unpaired) electrons. The molecule has 0 aromatic heterocycles. The van der Waals surface area contributed by atoms with Gasteiger partial charge in [0.1, 0.15) is 0 Å². The molecule has 1 aromatic carbocycles. The zero-order valence-corrected chi connectivity index (χ0v) is 11.4. The van der Waals surface area contributed by atoms with Gasteiger partial charge in [0.15, 0.2) is 0 Å². The molecule has 0 saturated heterocycles. The van der Waals surface area contributed by atoms with Gasteiger partial charge in [-0.2, -0.15) is 0 Å². The van der Waals surface area contributed by atoms with E-state index in [9.17, 15) is 4.79 Å². The average Bonchev–Trinajstić information content (AvgIpc) is 2.23. The molecule has 16 heavy (non-hydrogen) atoms. The Morgan fingerprint density at radius 2 is 2.19 bits per heavy atom. The van der Waals surface area contributed by atoms with Crippen LogP contribution in [0.25, 0.3) is 0 Å². The number of anilines is 1. The van der Waals surface area contributed by atoms with Crippen LogP contribution in [0.4, 0.5) is 5.69 Å². The van der Waals surface area contributed by atoms with Crippen molar-refractivity contribution >= 4 is 27.5 Å². The van der Waals surface area contributed by atoms with Gasteiger partial charge in [-0.3, -0.25) is 4.79 Å². The van der Waals surface area contributed by atoms with Gasteiger partial charge >= 0.3 is 0 Å². The first-order chi connectivity index (χ1) is 7.52. The molecule has 0 bridgehead atoms. The first-order valence-electron chi connectivity index (χ1n) is 5.26. The first-order valence-corrected chi connectivity index (χ1v) is 6.05. The molecule has 0 saturated carbocycles. The fourth-order valence-electron chi connectivity index (χ4n) is 1.40. The lowest BCUT2D eigenvalue weighted by Crippen LogP contribution is -2.26. The van der Waals surface area contributed by atoms with E-state index < -0.39 is 0 Å². The van der Waals surface area contributed by atoms with Crippen LogP contribution in [-0.4, -0.2) is 19.0 Å². The molecule has 1 aromatic rings. The minimum absolute atomic E-state index is 0.0474. The van der Waals surface area contributed by atoms with E-state index in [1.165, 1.54) is 5.56 Å². The van der Waals surface area contributed by atoms with Crippen molar-refractivity contribution in [2.75, 3.05) is 12.4 Å². The monoisotopic (exact) mass is 284 g/mol. The maximum Gasteiger partial charge on any atom is 0.221 e. The number of nitrogens with one attached hydrogen (secondary N) is 2. The zero-order valence-electron chi connectivity index (χ0n) is 9.80. The second kappa shape index (κ2) is 5.89. The van der Waals surface area contributed by atoms with Crippen LogP contribution < -0.4 is 10.6 Å². The van der Waals surface area contributed by atoms with Crippen molar-refractivity contribution in [3.8, 4) is 0 Å². The van der Waals surface area contributed by atoms with Crippen LogP contribution in [0.2, 0.25) is 0 Å². The SMILES string of the molecule is CNC(=O)CC(C)Nc1ccc(C)c(Br)c1. The van der Waals surface area contributed by atoms with E-state index in [1.54, 1.807) is 7.05 Å². The Balaban J connectivity index is 2.59. The molecule has 1 atom stereocenters. The van der Waals surface area contributed by atoms with E-state index in [4.69, 9.17) is 0 Å². The van der Waals surface area contributed by atoms with Crippen molar-refractivity contribution in [1.82, 2.24) is 5.32 Å². The fraction of sp³-hybridized carbons (Fsp3) is 0.417. The molecular weight excluding hydrogens is 268 g/mol. The van der Waals surface area contributed by atoms with Crippen LogP contribution in [0, 0.1) is 6.92 Å². The summed E-state index contributed by atoms with van der Waals surface area (Å²) < 4.78 is 1.07. The number of carbonyl (C=O) groups excluding carboxylic acids is 1. The normalized spacial score (nSPS) is 12.0. The van der Waals surface area contributed by atoms with Gasteiger partial charge in [-0.1, -0.05) is 22.0 Å². The third-order valence-corrected chi connectivity index (χ3v) is 3.21. The second-order valence-corrected chi connectivity index (χ2v) is 4.74. The maximum atomic E-state index is 11.2. The predicted octanol–water partition coefficient (Wildman–Crippen LogP) is 2.69. The molecule has 88 valence electrons. The molecule has 0 aliphatic rings. The van der Waals surface area contributed by atoms with Crippen molar-refractivity contribution in [2.24, 2.45) is 0 Å². The zero-order chi connectivity index (χ0) is 12.1. The molecule has 0 heterocycles. The lowest BCUT2D eigenvalue weighted by atomic mass is 10.2. The smallest absolute Gasteiger partial charge is 0.221 e. The Hall–Kier alpha value is -1.03. The standard InChI is InChI=1S/C12H17BrN2O/c1-8-4-5-10(7-11(8)13)15-9(2)6-12(16)14-3/h4-5,7,9,15H,6H2,1-3H3,(H,14,16). The van der Waals surface area contributed by atoms with E-state index in [2.05, 4.69) is 26.6 Å². The van der Waals surface area contributed by atoms with Crippen molar-refractivity contribution in [2.45, 2.75) is 26.3 Å². The summed E-state index contributed by atoms with van der Waals surface area (Å²) in [6.07, 6.45) is 0.474. The lowest BCUT2D eigenvalue weighted by molar-refractivity contribution is -0.120. The summed E-state index contributed by atoms with van der Waals surface area (Å²) >= 11 is 3.48. The summed E-state index contributed by atoms with van der Waals surface area (Å²) in [5, 5.41) is 5.90. The molecular formula is C12H17BrN2O. The largest absolute Gasteiger partial charge is 0.382 e. The van der Waals surface area contributed by atoms with Gasteiger partial charge in [0.25, 0.3) is 0 Å². The molecule has 2 N–H and O–H groups in total. The summed E-state index contributed by atoms with van der Waals surface area (Å²) in [4.78, 5) is 11.2. The highest BCUT2D eigenvalue weighted by molar-refractivity contribution is 9.10. The van der Waals surface area contributed by atoms with Crippen LogP contribution in [0.3, 0.4) is 0 Å². The first kappa shape index (κ1) is 13.0. The van der Waals surface area contributed by atoms with Crippen LogP contribution in [-0.2, 0) is 4.79 Å². The van der Waals surface area contributed by atoms with Crippen molar-refractivity contribution in [3.05, 3.63) is 28.2 Å². The third-order valence-electron chi connectivity index (χ3n) is 2.36. The molecule has 3 nitrogen and oxygen atoms in total. The Labute approximate surface area is 105 Å². The van der Waals surface area contributed by atoms with Crippen molar-refractivity contribution in [3.63, 3.8) is 0 Å². The number of aryl methyl sites for hydroxylation is 1. The van der Waals surface area contributed by atoms with Crippen molar-refractivity contribution in [1.29, 1.82) is 0 Å². The number of halogens is 1. The van der Waals surface area contributed by atoms with E-state index >= 15 is 0 Å². The minimum Gasteiger partial charge on any atom is -0.382 e. The highest BCUT2D eigenvalue weighted by atomic mass is 79.9. The summed E-state index contributed by atoms with van der Waals surface area (Å²) in [5.41, 5.74) is 2.22. The summed E-state index contributed by atoms with van der Waals surface area (Å²) in [7, 11) is 1.65. The second-order valence-electron chi connectivity index (χ2n) is 3.89. The third kappa shape index (κ3) is 3.85. The highest BCUT2D eigenvalue weighted by Crippen LogP contribution is 2.21. The van der Waals surface area contributed by atoms with Crippen LogP contribution in [0.1, 0.15) is 18.9 Å². The Morgan fingerprint density at radius 3 is 2.75 bits per heavy atom. The Kier molecular flexibility index (Phi) is 4.80. The van der Waals surface area contributed by atoms with E-state index in [1.807, 2.05) is 32.0 Å². The minimum atomic E-state index is 0.0474. The van der Waals surface area contributed by atoms with Gasteiger partial charge in [0.05, 0.1) is 0 Å². The van der Waals surface area contributed by atoms with Crippen LogP contribution in [0.15, 0.2) is 22.7 Å². The molecule has 1 rings (SSSR count). The molecule has 0 fully saturated rings. The number of rotatable bonds is 4. The van der Waals surface area contributed by atoms with Crippen LogP contribution in [0.5, 0.6) is 0 Å². The lowest BCUT2D eigenvalue weighted by Gasteiger charge is -2.15. The van der Waals surface area contributed by atoms with E-state index in [0.29, 0.717) is 6.42 Å². The molecule has 1 unspecified atom stereocenters.